The summed E-state index contributed by atoms with van der Waals surface area (Å²) in [6.07, 6.45) is 0. The van der Waals surface area contributed by atoms with Crippen molar-refractivity contribution in [2.75, 3.05) is 0 Å². The molecule has 0 aromatic heterocycles. The van der Waals surface area contributed by atoms with Crippen molar-refractivity contribution in [2.24, 2.45) is 0 Å². The van der Waals surface area contributed by atoms with Crippen molar-refractivity contribution in [3.8, 4) is 0 Å². The van der Waals surface area contributed by atoms with Crippen molar-refractivity contribution in [1.82, 2.24) is 5.32 Å². The van der Waals surface area contributed by atoms with Crippen LogP contribution in [0.2, 0.25) is 0 Å². The molecule has 0 aliphatic carbocycles. The fraction of sp³-hybridized carbons (Fsp3) is 1.00. The number of hydrogen-bond acceptors (Lipinski definition) is 1. The second-order valence-electron chi connectivity index (χ2n) is 4.71. The summed E-state index contributed by atoms with van der Waals surface area (Å²) in [6.45, 7) is 12.7. The second-order valence-corrected chi connectivity index (χ2v) is 5.37. The Morgan fingerprint density at radius 3 is 1.55 bits per heavy atom. The van der Waals surface area contributed by atoms with Crippen LogP contribution in [0.3, 0.4) is 0 Å². The average molecular weight is 178 g/mol. The molecule has 0 aliphatic heterocycles. The zero-order valence-corrected chi connectivity index (χ0v) is 9.21. The van der Waals surface area contributed by atoms with E-state index in [1.807, 2.05) is 6.92 Å². The summed E-state index contributed by atoms with van der Waals surface area (Å²) in [4.78, 5) is 0. The molecule has 1 N–H and O–H groups in total. The summed E-state index contributed by atoms with van der Waals surface area (Å²) in [5, 5.41) is 3.60. The number of nitrogens with one attached hydrogen (secondary N) is 1. The predicted octanol–water partition coefficient (Wildman–Crippen LogP) is 2.78. The van der Waals surface area contributed by atoms with E-state index in [1.165, 1.54) is 0 Å². The molecule has 1 atom stereocenters. The molecule has 0 heterocycles. The van der Waals surface area contributed by atoms with E-state index in [4.69, 9.17) is 11.6 Å². The van der Waals surface area contributed by atoms with E-state index < -0.39 is 0 Å². The molecular weight excluding hydrogens is 158 g/mol. The summed E-state index contributed by atoms with van der Waals surface area (Å²) in [5.74, 6) is 0. The van der Waals surface area contributed by atoms with Crippen molar-refractivity contribution in [3.63, 3.8) is 0 Å². The van der Waals surface area contributed by atoms with Crippen LogP contribution in [0.5, 0.6) is 0 Å². The number of rotatable bonds is 2. The third kappa shape index (κ3) is 4.65. The van der Waals surface area contributed by atoms with Crippen molar-refractivity contribution in [1.29, 1.82) is 0 Å². The van der Waals surface area contributed by atoms with Crippen LogP contribution in [0.15, 0.2) is 0 Å². The zero-order valence-electron chi connectivity index (χ0n) is 8.46. The molecule has 1 unspecified atom stereocenters. The molecule has 0 rings (SSSR count). The molecule has 0 saturated heterocycles. The van der Waals surface area contributed by atoms with Crippen LogP contribution in [-0.4, -0.2) is 16.5 Å². The third-order valence-electron chi connectivity index (χ3n) is 1.69. The monoisotopic (exact) mass is 177 g/mol. The molecule has 0 bridgehead atoms. The Balaban J connectivity index is 4.13. The minimum absolute atomic E-state index is 0.000193. The normalized spacial score (nSPS) is 16.6. The molecule has 0 amide bonds. The molecule has 1 nitrogen and oxygen atoms in total. The quantitative estimate of drug-likeness (QED) is 0.640. The summed E-state index contributed by atoms with van der Waals surface area (Å²) in [5.41, 5.74) is 0.131. The van der Waals surface area contributed by atoms with Gasteiger partial charge in [-0.2, -0.15) is 0 Å². The van der Waals surface area contributed by atoms with Gasteiger partial charge in [0.25, 0.3) is 0 Å². The maximum atomic E-state index is 6.01. The van der Waals surface area contributed by atoms with Gasteiger partial charge in [-0.15, -0.1) is 11.6 Å². The van der Waals surface area contributed by atoms with Gasteiger partial charge in [-0.3, -0.25) is 0 Å². The maximum absolute atomic E-state index is 6.01. The number of halogens is 1. The Kier molecular flexibility index (Phi) is 3.40. The van der Waals surface area contributed by atoms with Crippen molar-refractivity contribution in [3.05, 3.63) is 0 Å². The highest BCUT2D eigenvalue weighted by atomic mass is 35.5. The minimum atomic E-state index is -0.000193. The van der Waals surface area contributed by atoms with Crippen LogP contribution in [-0.2, 0) is 0 Å². The summed E-state index contributed by atoms with van der Waals surface area (Å²) in [7, 11) is 0. The summed E-state index contributed by atoms with van der Waals surface area (Å²) in [6, 6.07) is 0. The second kappa shape index (κ2) is 3.32. The highest BCUT2D eigenvalue weighted by Crippen LogP contribution is 2.18. The molecule has 11 heavy (non-hydrogen) atoms. The predicted molar refractivity (Wildman–Crippen MR) is 52.3 cm³/mol. The number of hydrogen-bond donors (Lipinski definition) is 1. The van der Waals surface area contributed by atoms with E-state index in [9.17, 15) is 0 Å². The SMILES string of the molecule is CC(Cl)C(C)(C)NC(C)(C)C. The van der Waals surface area contributed by atoms with Gasteiger partial charge >= 0.3 is 0 Å². The molecule has 2 heteroatoms. The van der Waals surface area contributed by atoms with Crippen molar-refractivity contribution in [2.45, 2.75) is 58.0 Å². The maximum Gasteiger partial charge on any atom is 0.0484 e. The zero-order chi connectivity index (χ0) is 9.28. The highest BCUT2D eigenvalue weighted by molar-refractivity contribution is 6.21. The summed E-state index contributed by atoms with van der Waals surface area (Å²) < 4.78 is 0. The Morgan fingerprint density at radius 1 is 1.09 bits per heavy atom. The third-order valence-corrected chi connectivity index (χ3v) is 2.24. The molecule has 0 spiro atoms. The van der Waals surface area contributed by atoms with E-state index in [0.717, 1.165) is 0 Å². The molecule has 68 valence electrons. The Morgan fingerprint density at radius 2 is 1.45 bits per heavy atom. The van der Waals surface area contributed by atoms with Crippen LogP contribution in [0.25, 0.3) is 0 Å². The first-order valence-corrected chi connectivity index (χ1v) is 4.52. The van der Waals surface area contributed by atoms with E-state index in [2.05, 4.69) is 39.9 Å². The van der Waals surface area contributed by atoms with Crippen LogP contribution in [0.1, 0.15) is 41.5 Å². The fourth-order valence-corrected chi connectivity index (χ4v) is 1.12. The van der Waals surface area contributed by atoms with Crippen LogP contribution >= 0.6 is 11.6 Å². The highest BCUT2D eigenvalue weighted by Gasteiger charge is 2.28. The van der Waals surface area contributed by atoms with Gasteiger partial charge in [-0.1, -0.05) is 0 Å². The van der Waals surface area contributed by atoms with E-state index in [-0.39, 0.29) is 16.5 Å². The van der Waals surface area contributed by atoms with Gasteiger partial charge in [0.2, 0.25) is 0 Å². The standard InChI is InChI=1S/C9H20ClN/c1-7(10)9(5,6)11-8(2,3)4/h7,11H,1-6H3. The van der Waals surface area contributed by atoms with Crippen LogP contribution in [0.4, 0.5) is 0 Å². The first-order chi connectivity index (χ1) is 4.65. The molecule has 0 saturated carbocycles. The molecule has 0 aromatic carbocycles. The van der Waals surface area contributed by atoms with Gasteiger partial charge in [-0.05, 0) is 41.5 Å². The lowest BCUT2D eigenvalue weighted by Crippen LogP contribution is -2.54. The lowest BCUT2D eigenvalue weighted by molar-refractivity contribution is 0.279. The van der Waals surface area contributed by atoms with Crippen molar-refractivity contribution >= 4 is 11.6 Å². The average Bonchev–Trinajstić information content (AvgIpc) is 1.56. The van der Waals surface area contributed by atoms with E-state index >= 15 is 0 Å². The minimum Gasteiger partial charge on any atom is -0.306 e. The molecule has 0 aromatic rings. The largest absolute Gasteiger partial charge is 0.306 e. The Bertz CT molecular complexity index is 122. The Labute approximate surface area is 75.5 Å². The van der Waals surface area contributed by atoms with Gasteiger partial charge in [0, 0.05) is 16.5 Å². The lowest BCUT2D eigenvalue weighted by atomic mass is 9.96. The van der Waals surface area contributed by atoms with E-state index in [0.29, 0.717) is 0 Å². The smallest absolute Gasteiger partial charge is 0.0484 e. The topological polar surface area (TPSA) is 12.0 Å². The first kappa shape index (κ1) is 11.2. The van der Waals surface area contributed by atoms with Gasteiger partial charge < -0.3 is 5.32 Å². The van der Waals surface area contributed by atoms with Crippen LogP contribution < -0.4 is 5.32 Å². The Hall–Kier alpha value is 0.250. The molecule has 0 aliphatic rings. The molecule has 0 radical (unpaired) electrons. The summed E-state index contributed by atoms with van der Waals surface area (Å²) >= 11 is 6.01. The van der Waals surface area contributed by atoms with E-state index in [1.54, 1.807) is 0 Å². The number of alkyl halides is 1. The van der Waals surface area contributed by atoms with Gasteiger partial charge in [0.15, 0.2) is 0 Å². The molecule has 0 fully saturated rings. The molecular formula is C9H20ClN. The van der Waals surface area contributed by atoms with Crippen LogP contribution in [0, 0.1) is 0 Å². The fourth-order valence-electron chi connectivity index (χ4n) is 1.07. The van der Waals surface area contributed by atoms with Crippen molar-refractivity contribution < 1.29 is 0 Å². The van der Waals surface area contributed by atoms with Gasteiger partial charge in [-0.25, -0.2) is 0 Å². The van der Waals surface area contributed by atoms with Gasteiger partial charge in [0.1, 0.15) is 0 Å². The first-order valence-electron chi connectivity index (χ1n) is 4.08. The lowest BCUT2D eigenvalue weighted by Gasteiger charge is -2.36. The van der Waals surface area contributed by atoms with Gasteiger partial charge in [0.05, 0.1) is 0 Å².